The van der Waals surface area contributed by atoms with E-state index in [0.29, 0.717) is 0 Å². The van der Waals surface area contributed by atoms with Gasteiger partial charge in [0.25, 0.3) is 0 Å². The molecule has 0 radical (unpaired) electrons. The Morgan fingerprint density at radius 2 is 1.40 bits per heavy atom. The highest BCUT2D eigenvalue weighted by atomic mass is 28.3. The fraction of sp³-hybridized carbons (Fsp3) is 1.00. The van der Waals surface area contributed by atoms with Crippen molar-refractivity contribution in [1.82, 2.24) is 0 Å². The van der Waals surface area contributed by atoms with Gasteiger partial charge in [-0.3, -0.25) is 0 Å². The Bertz CT molecular complexity index is 301. The monoisotopic (exact) mass is 308 g/mol. The molecule has 0 aromatic carbocycles. The molecule has 3 rings (SSSR count). The van der Waals surface area contributed by atoms with E-state index in [-0.39, 0.29) is 0 Å². The molecule has 0 nitrogen and oxygen atoms in total. The summed E-state index contributed by atoms with van der Waals surface area (Å²) in [6, 6.07) is 11.9. The molecule has 0 amide bonds. The maximum atomic E-state index is 2.73. The van der Waals surface area contributed by atoms with E-state index < -0.39 is 16.1 Å². The van der Waals surface area contributed by atoms with Gasteiger partial charge in [-0.2, -0.15) is 0 Å². The van der Waals surface area contributed by atoms with Crippen LogP contribution in [0.4, 0.5) is 0 Å². The number of rotatable bonds is 3. The van der Waals surface area contributed by atoms with Gasteiger partial charge in [-0.15, -0.1) is 0 Å². The second-order valence-corrected chi connectivity index (χ2v) is 19.3. The van der Waals surface area contributed by atoms with Gasteiger partial charge < -0.3 is 0 Å². The summed E-state index contributed by atoms with van der Waals surface area (Å²) in [5.74, 6) is 2.19. The Balaban J connectivity index is 1.41. The molecule has 0 bridgehead atoms. The third-order valence-electron chi connectivity index (χ3n) is 7.47. The van der Waals surface area contributed by atoms with Gasteiger partial charge >= 0.3 is 0 Å². The van der Waals surface area contributed by atoms with Crippen LogP contribution < -0.4 is 0 Å². The maximum Gasteiger partial charge on any atom is 0.0536 e. The van der Waals surface area contributed by atoms with Crippen LogP contribution in [0.1, 0.15) is 51.9 Å². The van der Waals surface area contributed by atoms with E-state index in [1.54, 1.807) is 87.3 Å². The van der Waals surface area contributed by atoms with Crippen molar-refractivity contribution in [1.29, 1.82) is 0 Å². The van der Waals surface area contributed by atoms with Crippen LogP contribution in [-0.4, -0.2) is 16.1 Å². The van der Waals surface area contributed by atoms with Crippen LogP contribution in [0.15, 0.2) is 0 Å². The number of hydrogen-bond acceptors (Lipinski definition) is 0. The van der Waals surface area contributed by atoms with Crippen LogP contribution in [-0.2, 0) is 0 Å². The van der Waals surface area contributed by atoms with Crippen LogP contribution >= 0.6 is 0 Å². The molecule has 0 unspecified atom stereocenters. The van der Waals surface area contributed by atoms with Crippen molar-refractivity contribution in [3.63, 3.8) is 0 Å². The summed E-state index contributed by atoms with van der Waals surface area (Å²) in [6.07, 6.45) is 11.2. The van der Waals surface area contributed by atoms with Crippen LogP contribution in [0, 0.1) is 11.8 Å². The van der Waals surface area contributed by atoms with Crippen LogP contribution in [0.25, 0.3) is 0 Å². The Morgan fingerprint density at radius 1 is 0.800 bits per heavy atom. The first-order valence-electron chi connectivity index (χ1n) is 9.59. The summed E-state index contributed by atoms with van der Waals surface area (Å²) in [5.41, 5.74) is 0. The first-order valence-corrected chi connectivity index (χ1v) is 15.5. The minimum atomic E-state index is -0.791. The summed E-state index contributed by atoms with van der Waals surface area (Å²) < 4.78 is 0. The quantitative estimate of drug-likeness (QED) is 0.519. The van der Waals surface area contributed by atoms with Crippen molar-refractivity contribution in [3.8, 4) is 0 Å². The van der Waals surface area contributed by atoms with Gasteiger partial charge in [-0.25, -0.2) is 0 Å². The molecule has 2 heteroatoms. The van der Waals surface area contributed by atoms with Crippen molar-refractivity contribution < 1.29 is 0 Å². The second-order valence-electron chi connectivity index (χ2n) is 9.18. The highest BCUT2D eigenvalue weighted by Gasteiger charge is 2.40. The van der Waals surface area contributed by atoms with E-state index in [4.69, 9.17) is 0 Å². The lowest BCUT2D eigenvalue weighted by Gasteiger charge is -2.39. The van der Waals surface area contributed by atoms with E-state index in [9.17, 15) is 0 Å². The molecule has 20 heavy (non-hydrogen) atoms. The first kappa shape index (κ1) is 15.3. The molecule has 0 aromatic heterocycles. The molecule has 3 fully saturated rings. The highest BCUT2D eigenvalue weighted by Crippen LogP contribution is 2.46. The van der Waals surface area contributed by atoms with Gasteiger partial charge in [0.15, 0.2) is 0 Å². The van der Waals surface area contributed by atoms with Gasteiger partial charge in [-0.05, 0) is 11.8 Å². The molecule has 0 N–H and O–H groups in total. The predicted octanol–water partition coefficient (Wildman–Crippen LogP) is 6.54. The van der Waals surface area contributed by atoms with Crippen molar-refractivity contribution >= 4 is 16.1 Å². The van der Waals surface area contributed by atoms with Crippen molar-refractivity contribution in [2.45, 2.75) is 101 Å². The highest BCUT2D eigenvalue weighted by molar-refractivity contribution is 6.80. The average molecular weight is 309 g/mol. The SMILES string of the molecule is CC1CC[Si](C)(CCC2CC[Si]3(CCCC3)CC2)CC1. The molecular weight excluding hydrogens is 272 g/mol. The van der Waals surface area contributed by atoms with E-state index in [1.165, 1.54) is 0 Å². The molecular formula is C18H36Si2. The lowest BCUT2D eigenvalue weighted by molar-refractivity contribution is 0.444. The average Bonchev–Trinajstić information content (AvgIpc) is 2.91. The molecule has 3 aliphatic rings. The lowest BCUT2D eigenvalue weighted by Crippen LogP contribution is -2.37. The van der Waals surface area contributed by atoms with E-state index in [0.717, 1.165) is 11.8 Å². The fourth-order valence-corrected chi connectivity index (χ4v) is 15.2. The van der Waals surface area contributed by atoms with Gasteiger partial charge in [0.1, 0.15) is 0 Å². The van der Waals surface area contributed by atoms with Crippen molar-refractivity contribution in [2.75, 3.05) is 0 Å². The molecule has 0 atom stereocenters. The zero-order chi connectivity index (χ0) is 14.1. The smallest absolute Gasteiger partial charge is 0.0536 e. The topological polar surface area (TPSA) is 0 Å². The third kappa shape index (κ3) is 3.60. The maximum absolute atomic E-state index is 2.73. The van der Waals surface area contributed by atoms with Gasteiger partial charge in [0.05, 0.1) is 16.1 Å². The third-order valence-corrected chi connectivity index (χ3v) is 17.5. The minimum absolute atomic E-state index is 0.646. The van der Waals surface area contributed by atoms with E-state index in [1.807, 2.05) is 0 Å². The van der Waals surface area contributed by atoms with Crippen LogP contribution in [0.5, 0.6) is 0 Å². The molecule has 3 aliphatic heterocycles. The summed E-state index contributed by atoms with van der Waals surface area (Å²) in [4.78, 5) is 0. The molecule has 0 aliphatic carbocycles. The first-order chi connectivity index (χ1) is 9.59. The normalized spacial score (nSPS) is 38.4. The standard InChI is InChI=1S/C18H36Si2/c1-17-5-12-19(2,13-6-17)14-7-18-8-15-20(16-9-18)10-3-4-11-20/h17-18H,3-16H2,1-2H3. The van der Waals surface area contributed by atoms with E-state index in [2.05, 4.69) is 13.5 Å². The molecule has 0 saturated carbocycles. The molecule has 3 saturated heterocycles. The zero-order valence-corrected chi connectivity index (χ0v) is 16.1. The van der Waals surface area contributed by atoms with Crippen molar-refractivity contribution in [3.05, 3.63) is 0 Å². The van der Waals surface area contributed by atoms with Gasteiger partial charge in [0.2, 0.25) is 0 Å². The summed E-state index contributed by atoms with van der Waals surface area (Å²) in [6.45, 7) is 5.20. The summed E-state index contributed by atoms with van der Waals surface area (Å²) in [7, 11) is -1.44. The summed E-state index contributed by atoms with van der Waals surface area (Å²) >= 11 is 0. The van der Waals surface area contributed by atoms with E-state index >= 15 is 0 Å². The Morgan fingerprint density at radius 3 is 2.00 bits per heavy atom. The number of hydrogen-bond donors (Lipinski definition) is 0. The van der Waals surface area contributed by atoms with Gasteiger partial charge in [0, 0.05) is 0 Å². The lowest BCUT2D eigenvalue weighted by atomic mass is 10.00. The Kier molecular flexibility index (Phi) is 4.81. The van der Waals surface area contributed by atoms with Crippen LogP contribution in [0.2, 0.25) is 48.9 Å². The Hall–Kier alpha value is 0.434. The zero-order valence-electron chi connectivity index (χ0n) is 14.1. The predicted molar refractivity (Wildman–Crippen MR) is 96.0 cm³/mol. The second kappa shape index (κ2) is 6.28. The molecule has 116 valence electrons. The minimum Gasteiger partial charge on any atom is -0.0691 e. The fourth-order valence-electron chi connectivity index (χ4n) is 5.47. The molecule has 1 spiro atoms. The van der Waals surface area contributed by atoms with Crippen LogP contribution in [0.3, 0.4) is 0 Å². The van der Waals surface area contributed by atoms with Gasteiger partial charge in [-0.1, -0.05) is 101 Å². The Labute approximate surface area is 129 Å². The largest absolute Gasteiger partial charge is 0.0691 e. The molecule has 3 heterocycles. The summed E-state index contributed by atoms with van der Waals surface area (Å²) in [5, 5.41) is 0. The van der Waals surface area contributed by atoms with Crippen molar-refractivity contribution in [2.24, 2.45) is 11.8 Å². The molecule has 0 aromatic rings.